The van der Waals surface area contributed by atoms with E-state index >= 15 is 0 Å². The summed E-state index contributed by atoms with van der Waals surface area (Å²) in [6, 6.07) is 20.5. The lowest BCUT2D eigenvalue weighted by atomic mass is 10.1. The number of hydrogen-bond acceptors (Lipinski definition) is 4. The first-order valence-corrected chi connectivity index (χ1v) is 11.7. The fourth-order valence-corrected chi connectivity index (χ4v) is 4.75. The van der Waals surface area contributed by atoms with Crippen molar-refractivity contribution in [1.82, 2.24) is 4.72 Å². The van der Waals surface area contributed by atoms with Crippen molar-refractivity contribution >= 4 is 27.8 Å². The third-order valence-electron chi connectivity index (χ3n) is 4.64. The molecule has 0 saturated carbocycles. The molecule has 0 aromatic heterocycles. The Labute approximate surface area is 182 Å². The van der Waals surface area contributed by atoms with E-state index in [0.717, 1.165) is 10.5 Å². The Hall–Kier alpha value is -2.61. The van der Waals surface area contributed by atoms with Gasteiger partial charge in [0.15, 0.2) is 0 Å². The fourth-order valence-electron chi connectivity index (χ4n) is 2.88. The van der Waals surface area contributed by atoms with Crippen molar-refractivity contribution in [3.8, 4) is 0 Å². The minimum Gasteiger partial charge on any atom is -0.478 e. The minimum absolute atomic E-state index is 0. The second-order valence-electron chi connectivity index (χ2n) is 6.99. The van der Waals surface area contributed by atoms with Crippen molar-refractivity contribution in [3.63, 3.8) is 0 Å². The van der Waals surface area contributed by atoms with Gasteiger partial charge in [0.05, 0.1) is 10.5 Å². The lowest BCUT2D eigenvalue weighted by Gasteiger charge is -2.09. The summed E-state index contributed by atoms with van der Waals surface area (Å²) in [7, 11) is -3.77. The summed E-state index contributed by atoms with van der Waals surface area (Å²) in [4.78, 5) is 13.5. The van der Waals surface area contributed by atoms with Gasteiger partial charge in [0.25, 0.3) is 0 Å². The van der Waals surface area contributed by atoms with Crippen LogP contribution in [0.25, 0.3) is 0 Å². The predicted octanol–water partition coefficient (Wildman–Crippen LogP) is 4.92. The van der Waals surface area contributed by atoms with Crippen molar-refractivity contribution < 1.29 is 19.7 Å². The van der Waals surface area contributed by atoms with E-state index in [9.17, 15) is 18.3 Å². The molecule has 0 saturated heterocycles. The van der Waals surface area contributed by atoms with Crippen LogP contribution in [-0.2, 0) is 16.4 Å². The zero-order valence-corrected chi connectivity index (χ0v) is 18.4. The maximum absolute atomic E-state index is 12.5. The molecule has 0 unspecified atom stereocenters. The second kappa shape index (κ2) is 9.47. The quantitative estimate of drug-likeness (QED) is 0.516. The van der Waals surface area contributed by atoms with Gasteiger partial charge in [0.2, 0.25) is 10.0 Å². The Morgan fingerprint density at radius 1 is 0.967 bits per heavy atom. The zero-order valence-electron chi connectivity index (χ0n) is 16.8. The van der Waals surface area contributed by atoms with Crippen LogP contribution in [-0.4, -0.2) is 26.0 Å². The Kier molecular flexibility index (Phi) is 6.97. The average Bonchev–Trinajstić information content (AvgIpc) is 2.71. The summed E-state index contributed by atoms with van der Waals surface area (Å²) in [6.07, 6.45) is 0.534. The highest BCUT2D eigenvalue weighted by molar-refractivity contribution is 7.99. The third-order valence-corrected chi connectivity index (χ3v) is 7.11. The summed E-state index contributed by atoms with van der Waals surface area (Å²) in [5.74, 6) is -1.15. The van der Waals surface area contributed by atoms with Gasteiger partial charge in [-0.25, -0.2) is 17.9 Å². The van der Waals surface area contributed by atoms with Gasteiger partial charge in [-0.2, -0.15) is 0 Å². The number of rotatable bonds is 8. The first-order chi connectivity index (χ1) is 14.2. The molecule has 7 heteroatoms. The molecular formula is C23H25NO4S2. The van der Waals surface area contributed by atoms with Gasteiger partial charge in [-0.1, -0.05) is 47.7 Å². The third kappa shape index (κ3) is 5.72. The minimum atomic E-state index is -3.77. The van der Waals surface area contributed by atoms with Crippen LogP contribution in [0, 0.1) is 13.8 Å². The van der Waals surface area contributed by atoms with Crippen LogP contribution in [0.15, 0.2) is 81.4 Å². The maximum atomic E-state index is 12.5. The number of carboxylic acids is 1. The van der Waals surface area contributed by atoms with Crippen LogP contribution in [0.1, 0.15) is 28.5 Å². The fraction of sp³-hybridized carbons (Fsp3) is 0.174. The van der Waals surface area contributed by atoms with E-state index in [1.54, 1.807) is 18.7 Å². The maximum Gasteiger partial charge on any atom is 0.335 e. The largest absolute Gasteiger partial charge is 0.478 e. The first kappa shape index (κ1) is 22.1. The molecule has 0 amide bonds. The van der Waals surface area contributed by atoms with E-state index in [1.807, 2.05) is 24.3 Å². The molecule has 0 aliphatic heterocycles. The molecule has 0 radical (unpaired) electrons. The number of carbonyl (C=O) groups is 1. The summed E-state index contributed by atoms with van der Waals surface area (Å²) in [5, 5.41) is 9.19. The molecule has 5 nitrogen and oxygen atoms in total. The predicted molar refractivity (Wildman–Crippen MR) is 121 cm³/mol. The molecule has 0 bridgehead atoms. The van der Waals surface area contributed by atoms with Gasteiger partial charge in [-0.3, -0.25) is 0 Å². The highest BCUT2D eigenvalue weighted by Gasteiger charge is 2.17. The molecule has 30 heavy (non-hydrogen) atoms. The molecule has 3 aromatic rings. The number of carboxylic acid groups (broad SMARTS) is 1. The first-order valence-electron chi connectivity index (χ1n) is 9.42. The average molecular weight is 444 g/mol. The molecule has 0 spiro atoms. The molecule has 0 atom stereocenters. The Morgan fingerprint density at radius 3 is 2.17 bits per heavy atom. The summed E-state index contributed by atoms with van der Waals surface area (Å²) in [5.41, 5.74) is 2.74. The molecule has 3 rings (SSSR count). The molecule has 2 N–H and O–H groups in total. The van der Waals surface area contributed by atoms with E-state index in [4.69, 9.17) is 0 Å². The SMILES string of the molecule is Cc1ccc(Sc2ccc(CCNS(=O)(=O)c3ccc(C)c(C(=O)O)c3)cc2)cc1.[HH]. The van der Waals surface area contributed by atoms with Gasteiger partial charge < -0.3 is 5.11 Å². The molecular weight excluding hydrogens is 418 g/mol. The number of hydrogen-bond donors (Lipinski definition) is 2. The molecule has 3 aromatic carbocycles. The van der Waals surface area contributed by atoms with Crippen LogP contribution in [0.3, 0.4) is 0 Å². The van der Waals surface area contributed by atoms with Gasteiger partial charge in [-0.15, -0.1) is 0 Å². The van der Waals surface area contributed by atoms with Gasteiger partial charge in [0.1, 0.15) is 0 Å². The molecule has 158 valence electrons. The summed E-state index contributed by atoms with van der Waals surface area (Å²) in [6.45, 7) is 3.92. The monoisotopic (exact) mass is 443 g/mol. The summed E-state index contributed by atoms with van der Waals surface area (Å²) >= 11 is 1.68. The van der Waals surface area contributed by atoms with Crippen molar-refractivity contribution in [2.45, 2.75) is 35.0 Å². The van der Waals surface area contributed by atoms with Crippen molar-refractivity contribution in [1.29, 1.82) is 0 Å². The van der Waals surface area contributed by atoms with E-state index in [1.165, 1.54) is 28.7 Å². The zero-order chi connectivity index (χ0) is 21.7. The Balaban J connectivity index is 0.00000341. The van der Waals surface area contributed by atoms with Crippen LogP contribution >= 0.6 is 11.8 Å². The van der Waals surface area contributed by atoms with Crippen molar-refractivity contribution in [2.75, 3.05) is 6.54 Å². The number of aromatic carboxylic acids is 1. The van der Waals surface area contributed by atoms with E-state index in [2.05, 4.69) is 35.9 Å². The molecule has 0 fully saturated rings. The smallest absolute Gasteiger partial charge is 0.335 e. The van der Waals surface area contributed by atoms with Crippen LogP contribution < -0.4 is 4.72 Å². The second-order valence-corrected chi connectivity index (χ2v) is 9.90. The van der Waals surface area contributed by atoms with Gasteiger partial charge >= 0.3 is 5.97 Å². The molecule has 0 heterocycles. The van der Waals surface area contributed by atoms with Crippen LogP contribution in [0.5, 0.6) is 0 Å². The number of benzene rings is 3. The lowest BCUT2D eigenvalue weighted by molar-refractivity contribution is 0.0696. The van der Waals surface area contributed by atoms with Gasteiger partial charge in [0, 0.05) is 17.8 Å². The van der Waals surface area contributed by atoms with Crippen LogP contribution in [0.4, 0.5) is 0 Å². The van der Waals surface area contributed by atoms with E-state index in [0.29, 0.717) is 12.0 Å². The van der Waals surface area contributed by atoms with E-state index in [-0.39, 0.29) is 18.4 Å². The summed E-state index contributed by atoms with van der Waals surface area (Å²) < 4.78 is 27.5. The van der Waals surface area contributed by atoms with Crippen LogP contribution in [0.2, 0.25) is 0 Å². The normalized spacial score (nSPS) is 11.4. The van der Waals surface area contributed by atoms with Gasteiger partial charge in [-0.05, 0) is 67.8 Å². The number of sulfonamides is 1. The lowest BCUT2D eigenvalue weighted by Crippen LogP contribution is -2.26. The standard InChI is InChI=1S/C23H23NO4S2.H2/c1-16-3-8-19(9-4-16)29-20-10-6-18(7-11-20)13-14-24-30(27,28)21-12-5-17(2)22(15-21)23(25)26;/h3-12,15,24H,13-14H2,1-2H3,(H,25,26);1H. The Morgan fingerprint density at radius 2 is 1.57 bits per heavy atom. The van der Waals surface area contributed by atoms with E-state index < -0.39 is 16.0 Å². The highest BCUT2D eigenvalue weighted by atomic mass is 32.2. The molecule has 0 aliphatic rings. The topological polar surface area (TPSA) is 83.5 Å². The molecule has 0 aliphatic carbocycles. The Bertz CT molecular complexity index is 1150. The van der Waals surface area contributed by atoms with Crippen molar-refractivity contribution in [3.05, 3.63) is 89.0 Å². The highest BCUT2D eigenvalue weighted by Crippen LogP contribution is 2.28. The number of nitrogens with one attached hydrogen (secondary N) is 1. The number of aryl methyl sites for hydroxylation is 2. The van der Waals surface area contributed by atoms with Crippen molar-refractivity contribution in [2.24, 2.45) is 0 Å².